The van der Waals surface area contributed by atoms with E-state index in [1.807, 2.05) is 30.3 Å². The van der Waals surface area contributed by atoms with Gasteiger partial charge in [0.2, 0.25) is 0 Å². The molecule has 2 aliphatic rings. The number of fused-ring (bicyclic) bond motifs is 3. The average Bonchev–Trinajstić information content (AvgIpc) is 2.59. The van der Waals surface area contributed by atoms with Crippen molar-refractivity contribution >= 4 is 29.1 Å². The SMILES string of the molecule is O=C1N=CC=C2C1=Nc1ccccc12. The quantitative estimate of drug-likeness (QED) is 0.602. The summed E-state index contributed by atoms with van der Waals surface area (Å²) in [5, 5.41) is 0. The molecule has 2 heterocycles. The second kappa shape index (κ2) is 2.48. The van der Waals surface area contributed by atoms with Crippen molar-refractivity contribution in [3.05, 3.63) is 35.9 Å². The van der Waals surface area contributed by atoms with Crippen molar-refractivity contribution in [3.8, 4) is 0 Å². The molecule has 0 saturated carbocycles. The standard InChI is InChI=1S/C11H6N2O/c14-11-10-8(5-6-12-11)7-3-1-2-4-9(7)13-10/h1-6H. The zero-order valence-corrected chi connectivity index (χ0v) is 7.27. The Balaban J connectivity index is 2.29. The highest BCUT2D eigenvalue weighted by molar-refractivity contribution is 6.60. The van der Waals surface area contributed by atoms with Gasteiger partial charge in [0.15, 0.2) is 0 Å². The van der Waals surface area contributed by atoms with Crippen LogP contribution in [0.4, 0.5) is 5.69 Å². The monoisotopic (exact) mass is 182 g/mol. The molecule has 0 saturated heterocycles. The number of benzene rings is 1. The van der Waals surface area contributed by atoms with Crippen LogP contribution in [0.1, 0.15) is 5.56 Å². The molecule has 0 N–H and O–H groups in total. The number of nitrogens with zero attached hydrogens (tertiary/aromatic N) is 2. The van der Waals surface area contributed by atoms with E-state index in [9.17, 15) is 4.79 Å². The van der Waals surface area contributed by atoms with Gasteiger partial charge in [0, 0.05) is 17.4 Å². The van der Waals surface area contributed by atoms with Crippen LogP contribution in [0.25, 0.3) is 5.57 Å². The number of carbonyl (C=O) groups excluding carboxylic acids is 1. The van der Waals surface area contributed by atoms with E-state index in [0.29, 0.717) is 5.71 Å². The highest BCUT2D eigenvalue weighted by Gasteiger charge is 2.26. The van der Waals surface area contributed by atoms with E-state index in [2.05, 4.69) is 9.98 Å². The largest absolute Gasteiger partial charge is 0.296 e. The van der Waals surface area contributed by atoms with E-state index in [1.165, 1.54) is 6.21 Å². The summed E-state index contributed by atoms with van der Waals surface area (Å²) in [6.45, 7) is 0. The van der Waals surface area contributed by atoms with Gasteiger partial charge in [-0.15, -0.1) is 0 Å². The van der Waals surface area contributed by atoms with Crippen molar-refractivity contribution < 1.29 is 4.79 Å². The number of carbonyl (C=O) groups is 1. The summed E-state index contributed by atoms with van der Waals surface area (Å²) in [6.07, 6.45) is 3.35. The average molecular weight is 182 g/mol. The van der Waals surface area contributed by atoms with Crippen LogP contribution in [0, 0.1) is 0 Å². The van der Waals surface area contributed by atoms with Gasteiger partial charge >= 0.3 is 0 Å². The summed E-state index contributed by atoms with van der Waals surface area (Å²) in [6, 6.07) is 7.71. The maximum absolute atomic E-state index is 11.4. The summed E-state index contributed by atoms with van der Waals surface area (Å²) in [4.78, 5) is 19.3. The first-order valence-electron chi connectivity index (χ1n) is 4.33. The molecular weight excluding hydrogens is 176 g/mol. The van der Waals surface area contributed by atoms with Gasteiger partial charge in [0.1, 0.15) is 5.71 Å². The third-order valence-electron chi connectivity index (χ3n) is 2.32. The van der Waals surface area contributed by atoms with Crippen LogP contribution in [0.3, 0.4) is 0 Å². The third kappa shape index (κ3) is 0.836. The van der Waals surface area contributed by atoms with Crippen molar-refractivity contribution in [2.45, 2.75) is 0 Å². The summed E-state index contributed by atoms with van der Waals surface area (Å²) in [7, 11) is 0. The Morgan fingerprint density at radius 2 is 2.00 bits per heavy atom. The lowest BCUT2D eigenvalue weighted by Crippen LogP contribution is -2.13. The molecule has 0 radical (unpaired) electrons. The lowest BCUT2D eigenvalue weighted by molar-refractivity contribution is -0.111. The minimum Gasteiger partial charge on any atom is -0.265 e. The Morgan fingerprint density at radius 1 is 1.14 bits per heavy atom. The Morgan fingerprint density at radius 3 is 2.93 bits per heavy atom. The molecule has 3 rings (SSSR count). The number of allylic oxidation sites excluding steroid dienone is 1. The molecule has 2 aliphatic heterocycles. The van der Waals surface area contributed by atoms with E-state index in [-0.39, 0.29) is 5.91 Å². The Kier molecular flexibility index (Phi) is 1.31. The molecule has 66 valence electrons. The smallest absolute Gasteiger partial charge is 0.265 e. The molecule has 0 aromatic heterocycles. The molecule has 1 aromatic rings. The normalized spacial score (nSPS) is 17.3. The number of aliphatic imine (C=N–C) groups is 2. The van der Waals surface area contributed by atoms with Crippen molar-refractivity contribution in [3.63, 3.8) is 0 Å². The van der Waals surface area contributed by atoms with Crippen molar-refractivity contribution in [2.24, 2.45) is 9.98 Å². The molecular formula is C11H6N2O. The maximum Gasteiger partial charge on any atom is 0.296 e. The van der Waals surface area contributed by atoms with Gasteiger partial charge in [-0.25, -0.2) is 9.98 Å². The van der Waals surface area contributed by atoms with Crippen LogP contribution in [0.15, 0.2) is 40.3 Å². The van der Waals surface area contributed by atoms with Gasteiger partial charge in [0.25, 0.3) is 5.91 Å². The fraction of sp³-hybridized carbons (Fsp3) is 0. The fourth-order valence-electron chi connectivity index (χ4n) is 1.68. The second-order valence-electron chi connectivity index (χ2n) is 3.14. The maximum atomic E-state index is 11.4. The highest BCUT2D eigenvalue weighted by atomic mass is 16.1. The van der Waals surface area contributed by atoms with Gasteiger partial charge in [-0.1, -0.05) is 18.2 Å². The predicted molar refractivity (Wildman–Crippen MR) is 55.0 cm³/mol. The van der Waals surface area contributed by atoms with E-state index in [4.69, 9.17) is 0 Å². The Hall–Kier alpha value is -2.03. The lowest BCUT2D eigenvalue weighted by Gasteiger charge is -2.03. The van der Waals surface area contributed by atoms with Crippen LogP contribution in [0.5, 0.6) is 0 Å². The van der Waals surface area contributed by atoms with Crippen LogP contribution in [-0.2, 0) is 4.79 Å². The van der Waals surface area contributed by atoms with Crippen molar-refractivity contribution in [1.82, 2.24) is 0 Å². The number of para-hydroxylation sites is 1. The second-order valence-corrected chi connectivity index (χ2v) is 3.14. The minimum atomic E-state index is -0.251. The first kappa shape index (κ1) is 7.38. The van der Waals surface area contributed by atoms with Gasteiger partial charge in [-0.2, -0.15) is 0 Å². The fourth-order valence-corrected chi connectivity index (χ4v) is 1.68. The first-order valence-corrected chi connectivity index (χ1v) is 4.33. The summed E-state index contributed by atoms with van der Waals surface area (Å²) in [5.41, 5.74) is 3.23. The van der Waals surface area contributed by atoms with E-state index >= 15 is 0 Å². The molecule has 0 unspecified atom stereocenters. The van der Waals surface area contributed by atoms with E-state index in [0.717, 1.165) is 16.8 Å². The van der Waals surface area contributed by atoms with Crippen LogP contribution >= 0.6 is 0 Å². The zero-order valence-electron chi connectivity index (χ0n) is 7.27. The number of hydrogen-bond acceptors (Lipinski definition) is 2. The molecule has 0 fully saturated rings. The number of rotatable bonds is 0. The first-order chi connectivity index (χ1) is 6.86. The Labute approximate surface area is 80.5 Å². The van der Waals surface area contributed by atoms with Crippen molar-refractivity contribution in [2.75, 3.05) is 0 Å². The molecule has 0 atom stereocenters. The van der Waals surface area contributed by atoms with Gasteiger partial charge in [-0.3, -0.25) is 4.79 Å². The van der Waals surface area contributed by atoms with Gasteiger partial charge < -0.3 is 0 Å². The third-order valence-corrected chi connectivity index (χ3v) is 2.32. The number of amides is 1. The Bertz CT molecular complexity index is 524. The van der Waals surface area contributed by atoms with E-state index < -0.39 is 0 Å². The van der Waals surface area contributed by atoms with Gasteiger partial charge in [0.05, 0.1) is 5.69 Å². The zero-order chi connectivity index (χ0) is 9.54. The molecule has 0 aliphatic carbocycles. The molecule has 1 amide bonds. The molecule has 3 nitrogen and oxygen atoms in total. The van der Waals surface area contributed by atoms with Crippen LogP contribution in [0.2, 0.25) is 0 Å². The van der Waals surface area contributed by atoms with Crippen LogP contribution < -0.4 is 0 Å². The van der Waals surface area contributed by atoms with Crippen molar-refractivity contribution in [1.29, 1.82) is 0 Å². The molecule has 1 aromatic carbocycles. The number of hydrogen-bond donors (Lipinski definition) is 0. The molecule has 3 heteroatoms. The summed E-state index contributed by atoms with van der Waals surface area (Å²) >= 11 is 0. The highest BCUT2D eigenvalue weighted by Crippen LogP contribution is 2.35. The van der Waals surface area contributed by atoms with E-state index in [1.54, 1.807) is 0 Å². The topological polar surface area (TPSA) is 41.8 Å². The summed E-state index contributed by atoms with van der Waals surface area (Å²) < 4.78 is 0. The molecule has 0 spiro atoms. The predicted octanol–water partition coefficient (Wildman–Crippen LogP) is 1.77. The lowest BCUT2D eigenvalue weighted by atomic mass is 10.0. The number of dihydropyridines is 1. The van der Waals surface area contributed by atoms with Crippen LogP contribution in [-0.4, -0.2) is 17.8 Å². The van der Waals surface area contributed by atoms with Gasteiger partial charge in [-0.05, 0) is 12.1 Å². The molecule has 0 bridgehead atoms. The minimum absolute atomic E-state index is 0.251. The molecule has 14 heavy (non-hydrogen) atoms. The summed E-state index contributed by atoms with van der Waals surface area (Å²) in [5.74, 6) is -0.251.